The van der Waals surface area contributed by atoms with Crippen LogP contribution in [-0.4, -0.2) is 18.7 Å². The quantitative estimate of drug-likeness (QED) is 0.577. The zero-order chi connectivity index (χ0) is 12.0. The summed E-state index contributed by atoms with van der Waals surface area (Å²) in [6.45, 7) is -1.29. The van der Waals surface area contributed by atoms with E-state index in [2.05, 4.69) is 16.6 Å². The molecule has 1 nitrogen and oxygen atoms in total. The van der Waals surface area contributed by atoms with E-state index in [1.165, 1.54) is 12.1 Å². The number of rotatable bonds is 2. The highest BCUT2D eigenvalue weighted by Gasteiger charge is 2.28. The van der Waals surface area contributed by atoms with Crippen molar-refractivity contribution in [3.8, 4) is 17.6 Å². The maximum absolute atomic E-state index is 11.8. The highest BCUT2D eigenvalue weighted by atomic mass is 35.5. The van der Waals surface area contributed by atoms with E-state index in [0.717, 1.165) is 0 Å². The summed E-state index contributed by atoms with van der Waals surface area (Å²) in [5, 5.41) is 0. The topological polar surface area (TPSA) is 9.23 Å². The van der Waals surface area contributed by atoms with Gasteiger partial charge in [0.1, 0.15) is 5.75 Å². The van der Waals surface area contributed by atoms with Crippen molar-refractivity contribution in [2.24, 2.45) is 0 Å². The molecule has 0 aromatic heterocycles. The summed E-state index contributed by atoms with van der Waals surface area (Å²) in [4.78, 5) is 0. The Balaban J connectivity index is 2.58. The van der Waals surface area contributed by atoms with E-state index >= 15 is 0 Å². The van der Waals surface area contributed by atoms with Gasteiger partial charge in [0.15, 0.2) is 6.61 Å². The summed E-state index contributed by atoms with van der Waals surface area (Å²) >= 11 is 5.36. The Morgan fingerprint density at radius 2 is 1.81 bits per heavy atom. The average molecular weight is 249 g/mol. The van der Waals surface area contributed by atoms with Crippen molar-refractivity contribution in [2.45, 2.75) is 6.18 Å². The Kier molecular flexibility index (Phi) is 4.51. The molecule has 0 aliphatic carbocycles. The van der Waals surface area contributed by atoms with E-state index in [0.29, 0.717) is 5.56 Å². The number of ether oxygens (including phenoxy) is 1. The second kappa shape index (κ2) is 5.66. The van der Waals surface area contributed by atoms with Crippen molar-refractivity contribution in [3.63, 3.8) is 0 Å². The van der Waals surface area contributed by atoms with Crippen molar-refractivity contribution in [1.82, 2.24) is 0 Å². The number of hydrogen-bond donors (Lipinski definition) is 0. The van der Waals surface area contributed by atoms with Crippen LogP contribution in [0.15, 0.2) is 24.3 Å². The van der Waals surface area contributed by atoms with Crippen LogP contribution in [0.5, 0.6) is 5.75 Å². The molecule has 0 saturated carbocycles. The molecule has 0 spiro atoms. The lowest BCUT2D eigenvalue weighted by atomic mass is 10.2. The zero-order valence-corrected chi connectivity index (χ0v) is 8.90. The Morgan fingerprint density at radius 1 is 1.19 bits per heavy atom. The van der Waals surface area contributed by atoms with Gasteiger partial charge in [-0.25, -0.2) is 0 Å². The summed E-state index contributed by atoms with van der Waals surface area (Å²) in [6, 6.07) is 6.02. The van der Waals surface area contributed by atoms with Crippen LogP contribution in [0.1, 0.15) is 5.56 Å². The van der Waals surface area contributed by atoms with Gasteiger partial charge in [-0.05, 0) is 24.3 Å². The fraction of sp³-hybridized carbons (Fsp3) is 0.273. The Morgan fingerprint density at radius 3 is 2.31 bits per heavy atom. The number of alkyl halides is 4. The molecule has 5 heteroatoms. The van der Waals surface area contributed by atoms with Crippen LogP contribution in [-0.2, 0) is 0 Å². The monoisotopic (exact) mass is 248 g/mol. The molecule has 86 valence electrons. The molecule has 1 rings (SSSR count). The third-order valence-corrected chi connectivity index (χ3v) is 1.69. The summed E-state index contributed by atoms with van der Waals surface area (Å²) in [7, 11) is 0. The van der Waals surface area contributed by atoms with Gasteiger partial charge < -0.3 is 4.74 Å². The largest absolute Gasteiger partial charge is 0.484 e. The van der Waals surface area contributed by atoms with Gasteiger partial charge in [0, 0.05) is 5.56 Å². The molecule has 0 radical (unpaired) electrons. The predicted molar refractivity (Wildman–Crippen MR) is 55.6 cm³/mol. The molecule has 0 aliphatic rings. The molecule has 0 N–H and O–H groups in total. The molecule has 0 amide bonds. The van der Waals surface area contributed by atoms with Crippen molar-refractivity contribution in [1.29, 1.82) is 0 Å². The molecule has 0 fully saturated rings. The summed E-state index contributed by atoms with van der Waals surface area (Å²) < 4.78 is 40.0. The molecule has 0 atom stereocenters. The van der Waals surface area contributed by atoms with E-state index in [4.69, 9.17) is 11.6 Å². The minimum atomic E-state index is -4.32. The van der Waals surface area contributed by atoms with Gasteiger partial charge in [-0.3, -0.25) is 0 Å². The standard InChI is InChI=1S/C11H8ClF3O/c12-7-1-2-9-3-5-10(6-4-9)16-8-11(13,14)15/h3-6H,7-8H2. The second-order valence-electron chi connectivity index (χ2n) is 2.86. The molecule has 0 saturated heterocycles. The first kappa shape index (κ1) is 12.7. The molecule has 0 unspecified atom stereocenters. The van der Waals surface area contributed by atoms with E-state index in [9.17, 15) is 13.2 Å². The van der Waals surface area contributed by atoms with Crippen LogP contribution in [0.2, 0.25) is 0 Å². The van der Waals surface area contributed by atoms with Gasteiger partial charge in [-0.2, -0.15) is 13.2 Å². The molecule has 0 heterocycles. The smallest absolute Gasteiger partial charge is 0.422 e. The molecular formula is C11H8ClF3O. The fourth-order valence-electron chi connectivity index (χ4n) is 0.935. The molecule has 0 aliphatic heterocycles. The van der Waals surface area contributed by atoms with E-state index in [-0.39, 0.29) is 11.6 Å². The molecule has 1 aromatic carbocycles. The molecular weight excluding hydrogens is 241 g/mol. The summed E-state index contributed by atoms with van der Waals surface area (Å²) in [5.41, 5.74) is 0.681. The number of halogens is 4. The van der Waals surface area contributed by atoms with Crippen LogP contribution in [0.25, 0.3) is 0 Å². The predicted octanol–water partition coefficient (Wildman–Crippen LogP) is 3.22. The third-order valence-electron chi connectivity index (χ3n) is 1.56. The van der Waals surface area contributed by atoms with Gasteiger partial charge in [0.05, 0.1) is 5.88 Å². The second-order valence-corrected chi connectivity index (χ2v) is 3.13. The SMILES string of the molecule is FC(F)(F)COc1ccc(C#CCCl)cc1. The third kappa shape index (κ3) is 4.94. The first-order valence-corrected chi connectivity index (χ1v) is 4.89. The lowest BCUT2D eigenvalue weighted by molar-refractivity contribution is -0.153. The molecule has 1 aromatic rings. The summed E-state index contributed by atoms with van der Waals surface area (Å²) in [6.07, 6.45) is -4.32. The first-order chi connectivity index (χ1) is 7.51. The van der Waals surface area contributed by atoms with Gasteiger partial charge in [-0.1, -0.05) is 11.8 Å². The number of hydrogen-bond acceptors (Lipinski definition) is 1. The Hall–Kier alpha value is -1.34. The van der Waals surface area contributed by atoms with Crippen LogP contribution in [0.3, 0.4) is 0 Å². The van der Waals surface area contributed by atoms with E-state index in [1.54, 1.807) is 12.1 Å². The van der Waals surface area contributed by atoms with Crippen molar-refractivity contribution in [2.75, 3.05) is 12.5 Å². The van der Waals surface area contributed by atoms with E-state index in [1.807, 2.05) is 0 Å². The zero-order valence-electron chi connectivity index (χ0n) is 8.14. The van der Waals surface area contributed by atoms with Crippen LogP contribution < -0.4 is 4.74 Å². The highest BCUT2D eigenvalue weighted by Crippen LogP contribution is 2.18. The van der Waals surface area contributed by atoms with Crippen LogP contribution in [0, 0.1) is 11.8 Å². The van der Waals surface area contributed by atoms with Crippen molar-refractivity contribution in [3.05, 3.63) is 29.8 Å². The van der Waals surface area contributed by atoms with Crippen molar-refractivity contribution < 1.29 is 17.9 Å². The van der Waals surface area contributed by atoms with Gasteiger partial charge >= 0.3 is 6.18 Å². The van der Waals surface area contributed by atoms with Crippen molar-refractivity contribution >= 4 is 11.6 Å². The fourth-order valence-corrected chi connectivity index (χ4v) is 1.00. The van der Waals surface area contributed by atoms with Crippen LogP contribution in [0.4, 0.5) is 13.2 Å². The highest BCUT2D eigenvalue weighted by molar-refractivity contribution is 6.19. The maximum Gasteiger partial charge on any atom is 0.422 e. The minimum Gasteiger partial charge on any atom is -0.484 e. The molecule has 0 bridgehead atoms. The van der Waals surface area contributed by atoms with Gasteiger partial charge in [-0.15, -0.1) is 11.6 Å². The molecule has 16 heavy (non-hydrogen) atoms. The minimum absolute atomic E-state index is 0.161. The number of benzene rings is 1. The van der Waals surface area contributed by atoms with E-state index < -0.39 is 12.8 Å². The summed E-state index contributed by atoms with van der Waals surface area (Å²) in [5.74, 6) is 5.74. The van der Waals surface area contributed by atoms with Gasteiger partial charge in [0.25, 0.3) is 0 Å². The normalized spacial score (nSPS) is 10.5. The van der Waals surface area contributed by atoms with Crippen LogP contribution >= 0.6 is 11.6 Å². The lowest BCUT2D eigenvalue weighted by Gasteiger charge is -2.08. The van der Waals surface area contributed by atoms with Gasteiger partial charge in [0.2, 0.25) is 0 Å². The lowest BCUT2D eigenvalue weighted by Crippen LogP contribution is -2.19. The Bertz CT molecular complexity index is 386. The Labute approximate surface area is 96.2 Å². The average Bonchev–Trinajstić information content (AvgIpc) is 2.24. The maximum atomic E-state index is 11.8. The first-order valence-electron chi connectivity index (χ1n) is 4.36.